The summed E-state index contributed by atoms with van der Waals surface area (Å²) >= 11 is 3.35. The molecule has 0 saturated heterocycles. The summed E-state index contributed by atoms with van der Waals surface area (Å²) in [7, 11) is 0. The Balaban J connectivity index is 2.23. The average Bonchev–Trinajstić information content (AvgIpc) is 2.34. The molecule has 0 aliphatic carbocycles. The van der Waals surface area contributed by atoms with Gasteiger partial charge in [0.05, 0.1) is 11.6 Å². The number of halogens is 1. The molecule has 0 bridgehead atoms. The molecule has 0 amide bonds. The van der Waals surface area contributed by atoms with E-state index in [9.17, 15) is 0 Å². The molecular formula is C13H9BrN2O. The summed E-state index contributed by atoms with van der Waals surface area (Å²) in [6, 6.07) is 10.9. The van der Waals surface area contributed by atoms with Crippen molar-refractivity contribution >= 4 is 15.9 Å². The summed E-state index contributed by atoms with van der Waals surface area (Å²) in [6.45, 7) is 1.93. The van der Waals surface area contributed by atoms with Crippen molar-refractivity contribution in [2.75, 3.05) is 0 Å². The first kappa shape index (κ1) is 11.6. The molecule has 0 saturated carbocycles. The quantitative estimate of drug-likeness (QED) is 0.844. The Labute approximate surface area is 108 Å². The van der Waals surface area contributed by atoms with Crippen LogP contribution in [-0.4, -0.2) is 4.98 Å². The van der Waals surface area contributed by atoms with Crippen LogP contribution in [0.25, 0.3) is 0 Å². The third kappa shape index (κ3) is 2.83. The first-order chi connectivity index (χ1) is 8.19. The zero-order valence-corrected chi connectivity index (χ0v) is 10.7. The fourth-order valence-corrected chi connectivity index (χ4v) is 1.79. The Morgan fingerprint density at radius 3 is 2.59 bits per heavy atom. The Kier molecular flexibility index (Phi) is 3.40. The molecule has 2 aromatic rings. The summed E-state index contributed by atoms with van der Waals surface area (Å²) in [5.74, 6) is 1.24. The van der Waals surface area contributed by atoms with Crippen LogP contribution >= 0.6 is 15.9 Å². The lowest BCUT2D eigenvalue weighted by Crippen LogP contribution is -1.91. The number of aromatic nitrogens is 1. The fraction of sp³-hybridized carbons (Fsp3) is 0.0769. The molecule has 0 atom stereocenters. The number of hydrogen-bond donors (Lipinski definition) is 0. The molecule has 84 valence electrons. The summed E-state index contributed by atoms with van der Waals surface area (Å²) in [5, 5.41) is 8.68. The van der Waals surface area contributed by atoms with Gasteiger partial charge in [-0.05, 0) is 53.2 Å². The highest BCUT2D eigenvalue weighted by atomic mass is 79.9. The van der Waals surface area contributed by atoms with E-state index in [-0.39, 0.29) is 0 Å². The van der Waals surface area contributed by atoms with Gasteiger partial charge in [-0.15, -0.1) is 0 Å². The van der Waals surface area contributed by atoms with Gasteiger partial charge in [0.2, 0.25) is 5.88 Å². The van der Waals surface area contributed by atoms with Gasteiger partial charge in [-0.1, -0.05) is 0 Å². The molecule has 1 aromatic carbocycles. The number of benzene rings is 1. The second kappa shape index (κ2) is 4.98. The van der Waals surface area contributed by atoms with Crippen LogP contribution in [0.15, 0.2) is 41.0 Å². The van der Waals surface area contributed by atoms with Crippen LogP contribution in [0.5, 0.6) is 11.6 Å². The van der Waals surface area contributed by atoms with Crippen LogP contribution in [0.1, 0.15) is 11.1 Å². The summed E-state index contributed by atoms with van der Waals surface area (Å²) in [4.78, 5) is 4.18. The molecule has 0 spiro atoms. The number of aryl methyl sites for hydroxylation is 1. The number of hydrogen-bond acceptors (Lipinski definition) is 3. The topological polar surface area (TPSA) is 45.9 Å². The normalized spacial score (nSPS) is 9.71. The Hall–Kier alpha value is -1.86. The van der Waals surface area contributed by atoms with Gasteiger partial charge >= 0.3 is 0 Å². The smallest absolute Gasteiger partial charge is 0.222 e. The first-order valence-electron chi connectivity index (χ1n) is 4.99. The predicted octanol–water partition coefficient (Wildman–Crippen LogP) is 3.82. The lowest BCUT2D eigenvalue weighted by molar-refractivity contribution is 0.458. The summed E-state index contributed by atoms with van der Waals surface area (Å²) in [6.07, 6.45) is 1.69. The van der Waals surface area contributed by atoms with Crippen LogP contribution in [0.3, 0.4) is 0 Å². The van der Waals surface area contributed by atoms with E-state index in [4.69, 9.17) is 10.00 Å². The van der Waals surface area contributed by atoms with Gasteiger partial charge in [-0.2, -0.15) is 5.26 Å². The fourth-order valence-electron chi connectivity index (χ4n) is 1.34. The monoisotopic (exact) mass is 288 g/mol. The van der Waals surface area contributed by atoms with Crippen molar-refractivity contribution in [1.29, 1.82) is 5.26 Å². The molecule has 2 rings (SSSR count). The SMILES string of the molecule is Cc1cc(Br)cnc1Oc1ccc(C#N)cc1. The molecule has 0 radical (unpaired) electrons. The maximum Gasteiger partial charge on any atom is 0.222 e. The van der Waals surface area contributed by atoms with Crippen molar-refractivity contribution < 1.29 is 4.74 Å². The van der Waals surface area contributed by atoms with Crippen LogP contribution < -0.4 is 4.74 Å². The molecule has 4 heteroatoms. The van der Waals surface area contributed by atoms with Gasteiger partial charge in [0, 0.05) is 16.2 Å². The first-order valence-corrected chi connectivity index (χ1v) is 5.78. The lowest BCUT2D eigenvalue weighted by Gasteiger charge is -2.07. The third-order valence-corrected chi connectivity index (χ3v) is 2.63. The predicted molar refractivity (Wildman–Crippen MR) is 67.9 cm³/mol. The highest BCUT2D eigenvalue weighted by Crippen LogP contribution is 2.24. The summed E-state index contributed by atoms with van der Waals surface area (Å²) in [5.41, 5.74) is 1.56. The van der Waals surface area contributed by atoms with E-state index in [1.54, 1.807) is 30.5 Å². The van der Waals surface area contributed by atoms with Gasteiger partial charge < -0.3 is 4.74 Å². The van der Waals surface area contributed by atoms with E-state index >= 15 is 0 Å². The van der Waals surface area contributed by atoms with Crippen molar-refractivity contribution in [3.05, 3.63) is 52.1 Å². The molecule has 0 N–H and O–H groups in total. The van der Waals surface area contributed by atoms with Crippen molar-refractivity contribution in [2.24, 2.45) is 0 Å². The molecule has 17 heavy (non-hydrogen) atoms. The van der Waals surface area contributed by atoms with E-state index in [2.05, 4.69) is 27.0 Å². The largest absolute Gasteiger partial charge is 0.439 e. The molecule has 3 nitrogen and oxygen atoms in total. The van der Waals surface area contributed by atoms with Crippen molar-refractivity contribution in [2.45, 2.75) is 6.92 Å². The van der Waals surface area contributed by atoms with Gasteiger partial charge in [0.15, 0.2) is 0 Å². The lowest BCUT2D eigenvalue weighted by atomic mass is 10.2. The molecule has 1 heterocycles. The molecule has 0 aliphatic rings. The van der Waals surface area contributed by atoms with Gasteiger partial charge in [-0.25, -0.2) is 4.98 Å². The van der Waals surface area contributed by atoms with Crippen molar-refractivity contribution in [3.8, 4) is 17.7 Å². The second-order valence-electron chi connectivity index (χ2n) is 3.51. The minimum Gasteiger partial charge on any atom is -0.439 e. The van der Waals surface area contributed by atoms with Crippen LogP contribution in [0, 0.1) is 18.3 Å². The van der Waals surface area contributed by atoms with Crippen molar-refractivity contribution in [1.82, 2.24) is 4.98 Å². The molecule has 0 unspecified atom stereocenters. The molecule has 0 fully saturated rings. The van der Waals surface area contributed by atoms with Gasteiger partial charge in [0.25, 0.3) is 0 Å². The minimum absolute atomic E-state index is 0.568. The Morgan fingerprint density at radius 2 is 2.00 bits per heavy atom. The number of rotatable bonds is 2. The molecule has 1 aromatic heterocycles. The third-order valence-electron chi connectivity index (χ3n) is 2.19. The zero-order chi connectivity index (χ0) is 12.3. The van der Waals surface area contributed by atoms with E-state index in [1.165, 1.54) is 0 Å². The number of pyridine rings is 1. The van der Waals surface area contributed by atoms with E-state index in [0.29, 0.717) is 17.2 Å². The zero-order valence-electron chi connectivity index (χ0n) is 9.14. The van der Waals surface area contributed by atoms with Crippen molar-refractivity contribution in [3.63, 3.8) is 0 Å². The van der Waals surface area contributed by atoms with E-state index < -0.39 is 0 Å². The summed E-state index contributed by atoms with van der Waals surface area (Å²) < 4.78 is 6.54. The van der Waals surface area contributed by atoms with Crippen LogP contribution in [-0.2, 0) is 0 Å². The number of nitrogens with zero attached hydrogens (tertiary/aromatic N) is 2. The van der Waals surface area contributed by atoms with Gasteiger partial charge in [-0.3, -0.25) is 0 Å². The molecule has 0 aliphatic heterocycles. The van der Waals surface area contributed by atoms with Crippen LogP contribution in [0.2, 0.25) is 0 Å². The molecular weight excluding hydrogens is 280 g/mol. The maximum atomic E-state index is 8.68. The highest BCUT2D eigenvalue weighted by molar-refractivity contribution is 9.10. The Bertz CT molecular complexity index is 573. The Morgan fingerprint density at radius 1 is 1.29 bits per heavy atom. The van der Waals surface area contributed by atoms with Gasteiger partial charge in [0.1, 0.15) is 5.75 Å². The average molecular weight is 289 g/mol. The number of ether oxygens (including phenoxy) is 1. The van der Waals surface area contributed by atoms with E-state index in [1.807, 2.05) is 13.0 Å². The number of nitriles is 1. The maximum absolute atomic E-state index is 8.68. The van der Waals surface area contributed by atoms with Crippen LogP contribution in [0.4, 0.5) is 0 Å². The minimum atomic E-state index is 0.568. The standard InChI is InChI=1S/C13H9BrN2O/c1-9-6-11(14)8-16-13(9)17-12-4-2-10(7-15)3-5-12/h2-6,8H,1H3. The van der Waals surface area contributed by atoms with E-state index in [0.717, 1.165) is 10.0 Å². The second-order valence-corrected chi connectivity index (χ2v) is 4.43. The highest BCUT2D eigenvalue weighted by Gasteiger charge is 2.03.